The maximum absolute atomic E-state index is 2.44. The van der Waals surface area contributed by atoms with Crippen LogP contribution in [-0.2, 0) is 0 Å². The smallest absolute Gasteiger partial charge is 0.0620 e. The first-order valence-electron chi connectivity index (χ1n) is 11.5. The Bertz CT molecular complexity index is 1940. The Kier molecular flexibility index (Phi) is 3.19. The summed E-state index contributed by atoms with van der Waals surface area (Å²) in [5, 5.41) is 10.5. The molecule has 0 aliphatic rings. The van der Waals surface area contributed by atoms with Crippen molar-refractivity contribution in [1.29, 1.82) is 0 Å². The lowest BCUT2D eigenvalue weighted by molar-refractivity contribution is 1.37. The van der Waals surface area contributed by atoms with E-state index in [9.17, 15) is 0 Å². The molecule has 2 aromatic heterocycles. The van der Waals surface area contributed by atoms with Crippen LogP contribution in [0.3, 0.4) is 0 Å². The molecule has 0 fully saturated rings. The summed E-state index contributed by atoms with van der Waals surface area (Å²) in [7, 11) is 0. The molecule has 0 amide bonds. The predicted molar refractivity (Wildman–Crippen MR) is 142 cm³/mol. The van der Waals surface area contributed by atoms with Gasteiger partial charge in [0.2, 0.25) is 0 Å². The maximum atomic E-state index is 2.44. The maximum Gasteiger partial charge on any atom is 0.0620 e. The van der Waals surface area contributed by atoms with Crippen molar-refractivity contribution in [3.05, 3.63) is 115 Å². The minimum atomic E-state index is 1.26. The standard InChI is InChI=1S/C32H19N/c1-2-8-24-20(7-1)13-14-22-17-21(15-16-25(22)24)23-18-28-26-9-3-5-11-30(26)33-31-12-6-4-10-27(31)29(19-23)32(28)33/h1-19H. The molecule has 8 aromatic rings. The second-order valence-corrected chi connectivity index (χ2v) is 9.01. The average molecular weight is 418 g/mol. The van der Waals surface area contributed by atoms with Gasteiger partial charge in [-0.2, -0.15) is 0 Å². The van der Waals surface area contributed by atoms with Gasteiger partial charge in [-0.1, -0.05) is 84.9 Å². The van der Waals surface area contributed by atoms with Gasteiger partial charge in [0.15, 0.2) is 0 Å². The summed E-state index contributed by atoms with van der Waals surface area (Å²) in [6.45, 7) is 0. The van der Waals surface area contributed by atoms with Gasteiger partial charge < -0.3 is 4.40 Å². The molecule has 33 heavy (non-hydrogen) atoms. The third kappa shape index (κ3) is 2.21. The summed E-state index contributed by atoms with van der Waals surface area (Å²) >= 11 is 0. The van der Waals surface area contributed by atoms with Crippen LogP contribution in [0.1, 0.15) is 0 Å². The van der Waals surface area contributed by atoms with E-state index >= 15 is 0 Å². The molecule has 152 valence electrons. The fourth-order valence-corrected chi connectivity index (χ4v) is 5.81. The van der Waals surface area contributed by atoms with Crippen LogP contribution in [0.15, 0.2) is 115 Å². The zero-order valence-electron chi connectivity index (χ0n) is 17.9. The number of nitrogens with zero attached hydrogens (tertiary/aromatic N) is 1. The van der Waals surface area contributed by atoms with Crippen LogP contribution >= 0.6 is 0 Å². The zero-order valence-corrected chi connectivity index (χ0v) is 17.9. The summed E-state index contributed by atoms with van der Waals surface area (Å²) in [6.07, 6.45) is 0. The number of para-hydroxylation sites is 2. The predicted octanol–water partition coefficient (Wildman–Crippen LogP) is 8.81. The Balaban J connectivity index is 1.49. The van der Waals surface area contributed by atoms with Crippen molar-refractivity contribution < 1.29 is 0 Å². The van der Waals surface area contributed by atoms with Gasteiger partial charge in [0.1, 0.15) is 0 Å². The number of benzene rings is 6. The van der Waals surface area contributed by atoms with Crippen molar-refractivity contribution in [2.75, 3.05) is 0 Å². The molecular weight excluding hydrogens is 398 g/mol. The van der Waals surface area contributed by atoms with Crippen LogP contribution in [0, 0.1) is 0 Å². The van der Waals surface area contributed by atoms with E-state index in [1.54, 1.807) is 0 Å². The van der Waals surface area contributed by atoms with Crippen LogP contribution in [0.5, 0.6) is 0 Å². The molecule has 0 unspecified atom stereocenters. The lowest BCUT2D eigenvalue weighted by atomic mass is 9.95. The Labute approximate surface area is 190 Å². The van der Waals surface area contributed by atoms with E-state index in [0.717, 1.165) is 0 Å². The van der Waals surface area contributed by atoms with Crippen molar-refractivity contribution >= 4 is 59.6 Å². The largest absolute Gasteiger partial charge is 0.308 e. The topological polar surface area (TPSA) is 4.41 Å². The van der Waals surface area contributed by atoms with E-state index in [2.05, 4.69) is 120 Å². The van der Waals surface area contributed by atoms with Gasteiger partial charge in [0.05, 0.1) is 16.6 Å². The normalized spacial score (nSPS) is 12.2. The van der Waals surface area contributed by atoms with E-state index in [1.165, 1.54) is 70.8 Å². The lowest BCUT2D eigenvalue weighted by Crippen LogP contribution is -1.82. The summed E-state index contributed by atoms with van der Waals surface area (Å²) in [4.78, 5) is 0. The van der Waals surface area contributed by atoms with Gasteiger partial charge >= 0.3 is 0 Å². The van der Waals surface area contributed by atoms with E-state index in [4.69, 9.17) is 0 Å². The highest BCUT2D eigenvalue weighted by Gasteiger charge is 2.18. The van der Waals surface area contributed by atoms with Crippen molar-refractivity contribution in [3.8, 4) is 11.1 Å². The molecule has 0 N–H and O–H groups in total. The number of hydrogen-bond acceptors (Lipinski definition) is 0. The Hall–Kier alpha value is -4.36. The van der Waals surface area contributed by atoms with Gasteiger partial charge in [-0.25, -0.2) is 0 Å². The van der Waals surface area contributed by atoms with E-state index < -0.39 is 0 Å². The second kappa shape index (κ2) is 6.11. The van der Waals surface area contributed by atoms with Crippen molar-refractivity contribution in [1.82, 2.24) is 4.40 Å². The third-order valence-electron chi connectivity index (χ3n) is 7.28. The highest BCUT2D eigenvalue weighted by atomic mass is 14.9. The molecular formula is C32H19N. The van der Waals surface area contributed by atoms with Gasteiger partial charge in [0, 0.05) is 21.5 Å². The molecule has 1 nitrogen and oxygen atoms in total. The summed E-state index contributed by atoms with van der Waals surface area (Å²) in [5.41, 5.74) is 6.42. The fraction of sp³-hybridized carbons (Fsp3) is 0. The summed E-state index contributed by atoms with van der Waals surface area (Å²) < 4.78 is 2.44. The van der Waals surface area contributed by atoms with Crippen LogP contribution < -0.4 is 0 Å². The highest BCUT2D eigenvalue weighted by molar-refractivity contribution is 6.24. The molecule has 0 saturated carbocycles. The number of fused-ring (bicyclic) bond motifs is 9. The Morgan fingerprint density at radius 2 is 0.939 bits per heavy atom. The van der Waals surface area contributed by atoms with Crippen LogP contribution in [0.2, 0.25) is 0 Å². The average Bonchev–Trinajstić information content (AvgIpc) is 3.40. The molecule has 8 rings (SSSR count). The van der Waals surface area contributed by atoms with E-state index in [-0.39, 0.29) is 0 Å². The molecule has 0 aliphatic carbocycles. The summed E-state index contributed by atoms with van der Waals surface area (Å²) in [5.74, 6) is 0. The Morgan fingerprint density at radius 1 is 0.364 bits per heavy atom. The number of hydrogen-bond donors (Lipinski definition) is 0. The number of rotatable bonds is 1. The van der Waals surface area contributed by atoms with E-state index in [0.29, 0.717) is 0 Å². The van der Waals surface area contributed by atoms with Gasteiger partial charge in [0.25, 0.3) is 0 Å². The molecule has 0 atom stereocenters. The zero-order chi connectivity index (χ0) is 21.5. The van der Waals surface area contributed by atoms with Crippen molar-refractivity contribution in [2.45, 2.75) is 0 Å². The SMILES string of the molecule is c1ccc2c(c1)ccc1cc(-c3cc4c5ccccc5n5c6ccccc6c(c3)c45)ccc12. The molecule has 0 spiro atoms. The van der Waals surface area contributed by atoms with Crippen LogP contribution in [-0.4, -0.2) is 4.40 Å². The molecule has 1 heteroatoms. The van der Waals surface area contributed by atoms with Crippen LogP contribution in [0.4, 0.5) is 0 Å². The number of aromatic nitrogens is 1. The van der Waals surface area contributed by atoms with Gasteiger partial charge in [-0.05, 0) is 63.0 Å². The lowest BCUT2D eigenvalue weighted by Gasteiger charge is -2.08. The van der Waals surface area contributed by atoms with Crippen molar-refractivity contribution in [2.24, 2.45) is 0 Å². The molecule has 0 aliphatic heterocycles. The van der Waals surface area contributed by atoms with Gasteiger partial charge in [-0.3, -0.25) is 0 Å². The quantitative estimate of drug-likeness (QED) is 0.235. The molecule has 0 radical (unpaired) electrons. The minimum absolute atomic E-state index is 1.26. The molecule has 0 saturated heterocycles. The minimum Gasteiger partial charge on any atom is -0.308 e. The highest BCUT2D eigenvalue weighted by Crippen LogP contribution is 2.42. The first-order valence-corrected chi connectivity index (χ1v) is 11.5. The van der Waals surface area contributed by atoms with E-state index in [1.807, 2.05) is 0 Å². The van der Waals surface area contributed by atoms with Gasteiger partial charge in [-0.15, -0.1) is 0 Å². The van der Waals surface area contributed by atoms with Crippen molar-refractivity contribution in [3.63, 3.8) is 0 Å². The third-order valence-corrected chi connectivity index (χ3v) is 7.28. The van der Waals surface area contributed by atoms with Crippen LogP contribution in [0.25, 0.3) is 70.8 Å². The fourth-order valence-electron chi connectivity index (χ4n) is 5.81. The summed E-state index contributed by atoms with van der Waals surface area (Å²) in [6, 6.07) is 42.3. The molecule has 2 heterocycles. The monoisotopic (exact) mass is 417 g/mol. The second-order valence-electron chi connectivity index (χ2n) is 9.01. The first kappa shape index (κ1) is 17.2. The first-order chi connectivity index (χ1) is 16.4. The molecule has 0 bridgehead atoms. The molecule has 6 aromatic carbocycles. The Morgan fingerprint density at radius 3 is 1.67 bits per heavy atom.